The number of aromatic nitrogens is 2. The molecule has 5 nitrogen and oxygen atoms in total. The maximum atomic E-state index is 13.6. The zero-order valence-electron chi connectivity index (χ0n) is 16.4. The van der Waals surface area contributed by atoms with Gasteiger partial charge in [-0.05, 0) is 67.6 Å². The zero-order valence-corrected chi connectivity index (χ0v) is 16.4. The zero-order chi connectivity index (χ0) is 20.0. The number of imidazole rings is 1. The van der Waals surface area contributed by atoms with Crippen LogP contribution in [0, 0.1) is 12.7 Å². The first-order valence-corrected chi connectivity index (χ1v) is 9.57. The largest absolute Gasteiger partial charge is 0.397 e. The van der Waals surface area contributed by atoms with E-state index in [4.69, 9.17) is 5.73 Å². The average molecular weight is 380 g/mol. The molecule has 1 fully saturated rings. The summed E-state index contributed by atoms with van der Waals surface area (Å²) in [5.41, 5.74) is 11.7. The number of fused-ring (bicyclic) bond motifs is 1. The van der Waals surface area contributed by atoms with Gasteiger partial charge in [0.1, 0.15) is 5.82 Å². The molecule has 0 atom stereocenters. The summed E-state index contributed by atoms with van der Waals surface area (Å²) >= 11 is 0. The maximum absolute atomic E-state index is 13.6. The summed E-state index contributed by atoms with van der Waals surface area (Å²) in [6.07, 6.45) is 3.28. The first kappa shape index (κ1) is 18.3. The molecule has 0 saturated heterocycles. The predicted octanol–water partition coefficient (Wildman–Crippen LogP) is 3.52. The van der Waals surface area contributed by atoms with E-state index in [1.165, 1.54) is 12.5 Å². The molecule has 3 aromatic rings. The molecule has 1 aliphatic rings. The summed E-state index contributed by atoms with van der Waals surface area (Å²) in [4.78, 5) is 12.7. The lowest BCUT2D eigenvalue weighted by molar-refractivity contribution is 0.312. The third-order valence-corrected chi connectivity index (χ3v) is 5.81. The van der Waals surface area contributed by atoms with Crippen LogP contribution in [0.2, 0.25) is 0 Å². The molecule has 0 radical (unpaired) electrons. The molecule has 0 amide bonds. The van der Waals surface area contributed by atoms with Crippen LogP contribution in [-0.4, -0.2) is 16.2 Å². The Balaban J connectivity index is 1.85. The third-order valence-electron chi connectivity index (χ3n) is 5.81. The van der Waals surface area contributed by atoms with Gasteiger partial charge in [-0.15, -0.1) is 0 Å². The van der Waals surface area contributed by atoms with E-state index in [1.54, 1.807) is 37.7 Å². The summed E-state index contributed by atoms with van der Waals surface area (Å²) in [5.74, 6) is -0.253. The number of rotatable bonds is 4. The molecular weight excluding hydrogens is 355 g/mol. The van der Waals surface area contributed by atoms with Crippen LogP contribution in [0.1, 0.15) is 42.0 Å². The van der Waals surface area contributed by atoms with Crippen LogP contribution in [0.25, 0.3) is 22.4 Å². The van der Waals surface area contributed by atoms with Crippen molar-refractivity contribution in [1.29, 1.82) is 0 Å². The number of aryl methyl sites for hydroxylation is 2. The van der Waals surface area contributed by atoms with E-state index >= 15 is 0 Å². The van der Waals surface area contributed by atoms with Crippen LogP contribution in [0.3, 0.4) is 0 Å². The Bertz CT molecular complexity index is 1150. The van der Waals surface area contributed by atoms with Crippen molar-refractivity contribution in [3.05, 3.63) is 69.4 Å². The number of nitrogens with two attached hydrogens (primary N) is 1. The van der Waals surface area contributed by atoms with Crippen molar-refractivity contribution in [2.45, 2.75) is 32.2 Å². The quantitative estimate of drug-likeness (QED) is 0.681. The lowest BCUT2D eigenvalue weighted by atomic mass is 9.93. The van der Waals surface area contributed by atoms with Gasteiger partial charge in [0.25, 0.3) is 0 Å². The van der Waals surface area contributed by atoms with Gasteiger partial charge >= 0.3 is 5.69 Å². The molecule has 1 aromatic heterocycles. The Hall–Kier alpha value is -3.02. The predicted molar refractivity (Wildman–Crippen MR) is 111 cm³/mol. The standard InChI is InChI=1S/C22H25FN4O/c1-13-11-14(7-9-17(13)23)20(24)21(25-2)15-8-10-18-19(12-15)26(3)22(28)27(18)16-5-4-6-16/h7-12,16,25H,4-6,24H2,1-3H3/b21-20-. The molecule has 0 unspecified atom stereocenters. The molecule has 3 N–H and O–H groups in total. The van der Waals surface area contributed by atoms with Gasteiger partial charge in [0, 0.05) is 25.7 Å². The topological polar surface area (TPSA) is 65.0 Å². The van der Waals surface area contributed by atoms with Gasteiger partial charge in [0.15, 0.2) is 0 Å². The van der Waals surface area contributed by atoms with Crippen LogP contribution < -0.4 is 16.7 Å². The van der Waals surface area contributed by atoms with Gasteiger partial charge in [-0.2, -0.15) is 0 Å². The molecule has 28 heavy (non-hydrogen) atoms. The van der Waals surface area contributed by atoms with E-state index in [0.717, 1.165) is 40.7 Å². The van der Waals surface area contributed by atoms with E-state index in [1.807, 2.05) is 22.8 Å². The van der Waals surface area contributed by atoms with E-state index in [0.29, 0.717) is 17.3 Å². The molecule has 1 heterocycles. The average Bonchev–Trinajstić information content (AvgIpc) is 2.88. The molecule has 2 aromatic carbocycles. The first-order chi connectivity index (χ1) is 13.4. The maximum Gasteiger partial charge on any atom is 0.329 e. The Morgan fingerprint density at radius 2 is 1.86 bits per heavy atom. The van der Waals surface area contributed by atoms with Crippen LogP contribution in [0.5, 0.6) is 0 Å². The number of halogens is 1. The number of nitrogens with zero attached hydrogens (tertiary/aromatic N) is 2. The highest BCUT2D eigenvalue weighted by Crippen LogP contribution is 2.33. The fourth-order valence-electron chi connectivity index (χ4n) is 3.91. The van der Waals surface area contributed by atoms with Crippen molar-refractivity contribution in [2.75, 3.05) is 7.05 Å². The number of nitrogens with one attached hydrogen (secondary N) is 1. The van der Waals surface area contributed by atoms with Crippen molar-refractivity contribution >= 4 is 22.4 Å². The monoisotopic (exact) mass is 380 g/mol. The summed E-state index contributed by atoms with van der Waals surface area (Å²) in [5, 5.41) is 3.17. The lowest BCUT2D eigenvalue weighted by Crippen LogP contribution is -2.29. The van der Waals surface area contributed by atoms with Gasteiger partial charge in [-0.3, -0.25) is 9.13 Å². The van der Waals surface area contributed by atoms with Crippen LogP contribution in [0.15, 0.2) is 41.2 Å². The van der Waals surface area contributed by atoms with E-state index in [-0.39, 0.29) is 11.5 Å². The fraction of sp³-hybridized carbons (Fsp3) is 0.318. The highest BCUT2D eigenvalue weighted by atomic mass is 19.1. The van der Waals surface area contributed by atoms with Crippen molar-refractivity contribution < 1.29 is 4.39 Å². The molecule has 0 aliphatic heterocycles. The number of hydrogen-bond donors (Lipinski definition) is 2. The van der Waals surface area contributed by atoms with Gasteiger partial charge < -0.3 is 11.1 Å². The van der Waals surface area contributed by atoms with E-state index < -0.39 is 0 Å². The van der Waals surface area contributed by atoms with Crippen LogP contribution in [0.4, 0.5) is 4.39 Å². The van der Waals surface area contributed by atoms with Crippen molar-refractivity contribution in [3.63, 3.8) is 0 Å². The SMILES string of the molecule is CN/C(=C(\N)c1ccc(F)c(C)c1)c1ccc2c(c1)n(C)c(=O)n2C1CCC1. The molecule has 4 rings (SSSR count). The molecule has 146 valence electrons. The number of benzene rings is 2. The van der Waals surface area contributed by atoms with Crippen molar-refractivity contribution in [2.24, 2.45) is 12.8 Å². The first-order valence-electron chi connectivity index (χ1n) is 9.57. The minimum Gasteiger partial charge on any atom is -0.397 e. The molecule has 1 saturated carbocycles. The summed E-state index contributed by atoms with van der Waals surface area (Å²) in [6, 6.07) is 11.1. The second-order valence-corrected chi connectivity index (χ2v) is 7.50. The minimum absolute atomic E-state index is 0.0222. The highest BCUT2D eigenvalue weighted by Gasteiger charge is 2.25. The van der Waals surface area contributed by atoms with Gasteiger partial charge in [-0.25, -0.2) is 9.18 Å². The summed E-state index contributed by atoms with van der Waals surface area (Å²) in [7, 11) is 3.61. The fourth-order valence-corrected chi connectivity index (χ4v) is 3.91. The Kier molecular flexibility index (Phi) is 4.49. The minimum atomic E-state index is -0.253. The normalized spacial score (nSPS) is 15.4. The van der Waals surface area contributed by atoms with E-state index in [2.05, 4.69) is 5.32 Å². The Morgan fingerprint density at radius 1 is 1.14 bits per heavy atom. The molecule has 0 spiro atoms. The molecule has 6 heteroatoms. The van der Waals surface area contributed by atoms with Gasteiger partial charge in [0.2, 0.25) is 0 Å². The highest BCUT2D eigenvalue weighted by molar-refractivity contribution is 5.91. The van der Waals surface area contributed by atoms with Gasteiger partial charge in [0.05, 0.1) is 22.4 Å². The smallest absolute Gasteiger partial charge is 0.329 e. The van der Waals surface area contributed by atoms with Crippen molar-refractivity contribution in [3.8, 4) is 0 Å². The van der Waals surface area contributed by atoms with Crippen LogP contribution >= 0.6 is 0 Å². The van der Waals surface area contributed by atoms with Crippen LogP contribution in [-0.2, 0) is 7.05 Å². The molecule has 0 bridgehead atoms. The Labute approximate surface area is 163 Å². The summed E-state index contributed by atoms with van der Waals surface area (Å²) in [6.45, 7) is 1.72. The second kappa shape index (κ2) is 6.86. The number of hydrogen-bond acceptors (Lipinski definition) is 3. The Morgan fingerprint density at radius 3 is 2.46 bits per heavy atom. The lowest BCUT2D eigenvalue weighted by Gasteiger charge is -2.26. The molecule has 1 aliphatic carbocycles. The third kappa shape index (κ3) is 2.80. The second-order valence-electron chi connectivity index (χ2n) is 7.50. The summed E-state index contributed by atoms with van der Waals surface area (Å²) < 4.78 is 17.2. The van der Waals surface area contributed by atoms with Crippen molar-refractivity contribution in [1.82, 2.24) is 14.5 Å². The molecular formula is C22H25FN4O. The van der Waals surface area contributed by atoms with E-state index in [9.17, 15) is 9.18 Å². The van der Waals surface area contributed by atoms with Gasteiger partial charge in [-0.1, -0.05) is 6.07 Å².